The third-order valence-electron chi connectivity index (χ3n) is 2.75. The quantitative estimate of drug-likeness (QED) is 0.780. The van der Waals surface area contributed by atoms with E-state index in [1.165, 1.54) is 6.08 Å². The van der Waals surface area contributed by atoms with Crippen LogP contribution in [-0.2, 0) is 16.0 Å². The van der Waals surface area contributed by atoms with Gasteiger partial charge in [-0.15, -0.1) is 0 Å². The molecule has 0 aliphatic carbocycles. The van der Waals surface area contributed by atoms with Crippen LogP contribution in [0, 0.1) is 0 Å². The number of rotatable bonds is 4. The average Bonchev–Trinajstić information content (AvgIpc) is 2.66. The summed E-state index contributed by atoms with van der Waals surface area (Å²) in [6, 6.07) is 7.72. The Hall–Kier alpha value is -2.10. The van der Waals surface area contributed by atoms with Crippen molar-refractivity contribution in [3.63, 3.8) is 0 Å². The lowest BCUT2D eigenvalue weighted by Gasteiger charge is -2.17. The molecule has 0 atom stereocenters. The number of nitrogens with one attached hydrogen (secondary N) is 1. The summed E-state index contributed by atoms with van der Waals surface area (Å²) in [6.07, 6.45) is 1.67. The lowest BCUT2D eigenvalue weighted by Crippen LogP contribution is -2.36. The molecule has 4 nitrogen and oxygen atoms in total. The summed E-state index contributed by atoms with van der Waals surface area (Å²) in [5.74, 6) is -0.135. The smallest absolute Gasteiger partial charge is 0.243 e. The van der Waals surface area contributed by atoms with Crippen LogP contribution in [0.5, 0.6) is 0 Å². The zero-order valence-corrected chi connectivity index (χ0v) is 9.48. The molecule has 88 valence electrons. The Morgan fingerprint density at radius 2 is 2.24 bits per heavy atom. The highest BCUT2D eigenvalue weighted by atomic mass is 16.2. The van der Waals surface area contributed by atoms with Gasteiger partial charge in [-0.1, -0.05) is 24.8 Å². The van der Waals surface area contributed by atoms with Gasteiger partial charge in [0.05, 0.1) is 6.42 Å². The molecule has 2 amide bonds. The van der Waals surface area contributed by atoms with E-state index in [1.54, 1.807) is 4.90 Å². The SMILES string of the molecule is C=CC(=O)NCCN1C(=O)Cc2ccccc21. The molecule has 0 saturated heterocycles. The second-order valence-electron chi connectivity index (χ2n) is 3.85. The maximum Gasteiger partial charge on any atom is 0.243 e. The second-order valence-corrected chi connectivity index (χ2v) is 3.85. The predicted molar refractivity (Wildman–Crippen MR) is 65.7 cm³/mol. The van der Waals surface area contributed by atoms with Crippen LogP contribution in [0.25, 0.3) is 0 Å². The molecule has 17 heavy (non-hydrogen) atoms. The van der Waals surface area contributed by atoms with E-state index in [-0.39, 0.29) is 11.8 Å². The van der Waals surface area contributed by atoms with Crippen molar-refractivity contribution in [1.82, 2.24) is 5.32 Å². The number of hydrogen-bond acceptors (Lipinski definition) is 2. The van der Waals surface area contributed by atoms with E-state index in [1.807, 2.05) is 24.3 Å². The van der Waals surface area contributed by atoms with E-state index >= 15 is 0 Å². The third-order valence-corrected chi connectivity index (χ3v) is 2.75. The van der Waals surface area contributed by atoms with Crippen LogP contribution in [-0.4, -0.2) is 24.9 Å². The van der Waals surface area contributed by atoms with E-state index < -0.39 is 0 Å². The average molecular weight is 230 g/mol. The van der Waals surface area contributed by atoms with Crippen molar-refractivity contribution in [3.8, 4) is 0 Å². The van der Waals surface area contributed by atoms with Crippen molar-refractivity contribution in [2.24, 2.45) is 0 Å². The number of amides is 2. The van der Waals surface area contributed by atoms with Gasteiger partial charge in [0.25, 0.3) is 0 Å². The zero-order valence-electron chi connectivity index (χ0n) is 9.48. The number of benzene rings is 1. The predicted octanol–water partition coefficient (Wildman–Crippen LogP) is 0.878. The number of carbonyl (C=O) groups is 2. The van der Waals surface area contributed by atoms with E-state index in [4.69, 9.17) is 0 Å². The van der Waals surface area contributed by atoms with Gasteiger partial charge in [-0.25, -0.2) is 0 Å². The zero-order chi connectivity index (χ0) is 12.3. The Kier molecular flexibility index (Phi) is 3.23. The lowest BCUT2D eigenvalue weighted by molar-refractivity contribution is -0.118. The standard InChI is InChI=1S/C13H14N2O2/c1-2-12(16)14-7-8-15-11-6-4-3-5-10(11)9-13(15)17/h2-6H,1,7-9H2,(H,14,16). The van der Waals surface area contributed by atoms with Crippen molar-refractivity contribution in [3.05, 3.63) is 42.5 Å². The molecule has 0 aromatic heterocycles. The third kappa shape index (κ3) is 2.36. The fourth-order valence-corrected chi connectivity index (χ4v) is 1.92. The molecular weight excluding hydrogens is 216 g/mol. The second kappa shape index (κ2) is 4.82. The number of hydrogen-bond donors (Lipinski definition) is 1. The van der Waals surface area contributed by atoms with Crippen LogP contribution in [0.15, 0.2) is 36.9 Å². The minimum Gasteiger partial charge on any atom is -0.351 e. The normalized spacial score (nSPS) is 13.4. The van der Waals surface area contributed by atoms with Crippen LogP contribution >= 0.6 is 0 Å². The molecule has 1 N–H and O–H groups in total. The van der Waals surface area contributed by atoms with Gasteiger partial charge in [-0.2, -0.15) is 0 Å². The van der Waals surface area contributed by atoms with Crippen LogP contribution in [0.2, 0.25) is 0 Å². The number of fused-ring (bicyclic) bond motifs is 1. The molecular formula is C13H14N2O2. The van der Waals surface area contributed by atoms with Crippen molar-refractivity contribution < 1.29 is 9.59 Å². The van der Waals surface area contributed by atoms with Crippen LogP contribution in [0.1, 0.15) is 5.56 Å². The molecule has 1 aliphatic rings. The molecule has 0 unspecified atom stereocenters. The van der Waals surface area contributed by atoms with Crippen molar-refractivity contribution in [2.75, 3.05) is 18.0 Å². The first-order valence-corrected chi connectivity index (χ1v) is 5.51. The van der Waals surface area contributed by atoms with Gasteiger partial charge < -0.3 is 10.2 Å². The molecule has 0 fully saturated rings. The lowest BCUT2D eigenvalue weighted by atomic mass is 10.2. The number of anilines is 1. The first-order valence-electron chi connectivity index (χ1n) is 5.51. The van der Waals surface area contributed by atoms with Crippen molar-refractivity contribution in [1.29, 1.82) is 0 Å². The van der Waals surface area contributed by atoms with Gasteiger partial charge in [-0.3, -0.25) is 9.59 Å². The monoisotopic (exact) mass is 230 g/mol. The first-order chi connectivity index (χ1) is 8.22. The Morgan fingerprint density at radius 1 is 1.47 bits per heavy atom. The fraction of sp³-hybridized carbons (Fsp3) is 0.231. The van der Waals surface area contributed by atoms with E-state index in [0.717, 1.165) is 11.3 Å². The van der Waals surface area contributed by atoms with E-state index in [0.29, 0.717) is 19.5 Å². The number of para-hydroxylation sites is 1. The van der Waals surface area contributed by atoms with Crippen molar-refractivity contribution in [2.45, 2.75) is 6.42 Å². The molecule has 0 radical (unpaired) electrons. The van der Waals surface area contributed by atoms with Gasteiger partial charge in [0.15, 0.2) is 0 Å². The molecule has 1 heterocycles. The maximum atomic E-state index is 11.8. The first kappa shape index (κ1) is 11.4. The van der Waals surface area contributed by atoms with E-state index in [2.05, 4.69) is 11.9 Å². The number of carbonyl (C=O) groups excluding carboxylic acids is 2. The minimum absolute atomic E-state index is 0.0825. The summed E-state index contributed by atoms with van der Waals surface area (Å²) in [4.78, 5) is 24.5. The Morgan fingerprint density at radius 3 is 3.00 bits per heavy atom. The van der Waals surface area contributed by atoms with Crippen LogP contribution in [0.4, 0.5) is 5.69 Å². The number of nitrogens with zero attached hydrogens (tertiary/aromatic N) is 1. The summed E-state index contributed by atoms with van der Waals surface area (Å²) in [5, 5.41) is 2.66. The van der Waals surface area contributed by atoms with Gasteiger partial charge in [0.2, 0.25) is 11.8 Å². The molecule has 1 aromatic rings. The van der Waals surface area contributed by atoms with Crippen LogP contribution < -0.4 is 10.2 Å². The molecule has 0 saturated carbocycles. The Labute approximate surface area is 99.9 Å². The molecule has 4 heteroatoms. The topological polar surface area (TPSA) is 49.4 Å². The minimum atomic E-state index is -0.218. The Bertz CT molecular complexity index is 468. The van der Waals surface area contributed by atoms with Gasteiger partial charge in [-0.05, 0) is 17.7 Å². The summed E-state index contributed by atoms with van der Waals surface area (Å²) < 4.78 is 0. The Balaban J connectivity index is 2.00. The highest BCUT2D eigenvalue weighted by Gasteiger charge is 2.25. The highest BCUT2D eigenvalue weighted by Crippen LogP contribution is 2.27. The summed E-state index contributed by atoms with van der Waals surface area (Å²) in [6.45, 7) is 4.30. The largest absolute Gasteiger partial charge is 0.351 e. The summed E-state index contributed by atoms with van der Waals surface area (Å²) >= 11 is 0. The van der Waals surface area contributed by atoms with Gasteiger partial charge in [0.1, 0.15) is 0 Å². The molecule has 2 rings (SSSR count). The molecule has 1 aromatic carbocycles. The maximum absolute atomic E-state index is 11.8. The molecule has 0 bridgehead atoms. The van der Waals surface area contributed by atoms with Crippen LogP contribution in [0.3, 0.4) is 0 Å². The fourth-order valence-electron chi connectivity index (χ4n) is 1.92. The molecule has 0 spiro atoms. The van der Waals surface area contributed by atoms with Crippen molar-refractivity contribution >= 4 is 17.5 Å². The van der Waals surface area contributed by atoms with Gasteiger partial charge >= 0.3 is 0 Å². The molecule has 1 aliphatic heterocycles. The van der Waals surface area contributed by atoms with Gasteiger partial charge in [0, 0.05) is 18.8 Å². The summed E-state index contributed by atoms with van der Waals surface area (Å²) in [5.41, 5.74) is 2.00. The highest BCUT2D eigenvalue weighted by molar-refractivity contribution is 6.01. The van der Waals surface area contributed by atoms with E-state index in [9.17, 15) is 9.59 Å². The summed E-state index contributed by atoms with van der Waals surface area (Å²) in [7, 11) is 0.